The number of rotatable bonds is 7. The van der Waals surface area contributed by atoms with Crippen LogP contribution in [0.4, 0.5) is 0 Å². The Morgan fingerprint density at radius 3 is 1.35 bits per heavy atom. The van der Waals surface area contributed by atoms with E-state index in [2.05, 4.69) is 78.9 Å². The van der Waals surface area contributed by atoms with Crippen LogP contribution in [-0.2, 0) is 0 Å². The Bertz CT molecular complexity index is 2600. The quantitative estimate of drug-likeness (QED) is 0.168. The van der Waals surface area contributed by atoms with E-state index in [1.54, 1.807) is 0 Å². The molecule has 0 aliphatic rings. The SMILES string of the molecule is c1ccc(-c2cc(-c3cccc(-c4ccc(-c5nc(-c6ccccc6)nc(-c6ccccc6)n5)cc4)c3)nc(-c3ccc4ccccc4n3)n2)cc1. The summed E-state index contributed by atoms with van der Waals surface area (Å²) in [5.74, 6) is 2.48. The van der Waals surface area contributed by atoms with Crippen molar-refractivity contribution in [1.82, 2.24) is 29.9 Å². The maximum atomic E-state index is 5.07. The summed E-state index contributed by atoms with van der Waals surface area (Å²) in [4.78, 5) is 29.6. The van der Waals surface area contributed by atoms with E-state index in [-0.39, 0.29) is 0 Å². The highest BCUT2D eigenvalue weighted by Gasteiger charge is 2.15. The second kappa shape index (κ2) is 13.6. The summed E-state index contributed by atoms with van der Waals surface area (Å²) in [5.41, 5.74) is 10.2. The van der Waals surface area contributed by atoms with Gasteiger partial charge in [-0.1, -0.05) is 158 Å². The fraction of sp³-hybridized carbons (Fsp3) is 0. The molecule has 0 N–H and O–H groups in total. The van der Waals surface area contributed by atoms with Crippen LogP contribution in [0.15, 0.2) is 182 Å². The topological polar surface area (TPSA) is 77.3 Å². The predicted molar refractivity (Wildman–Crippen MR) is 209 cm³/mol. The molecule has 0 atom stereocenters. The first-order valence-electron chi connectivity index (χ1n) is 17.1. The van der Waals surface area contributed by atoms with Gasteiger partial charge in [-0.25, -0.2) is 29.9 Å². The van der Waals surface area contributed by atoms with Crippen molar-refractivity contribution in [2.75, 3.05) is 0 Å². The number of para-hydroxylation sites is 1. The lowest BCUT2D eigenvalue weighted by Gasteiger charge is -2.11. The van der Waals surface area contributed by atoms with Gasteiger partial charge in [0.15, 0.2) is 23.3 Å². The van der Waals surface area contributed by atoms with Crippen LogP contribution in [0, 0.1) is 0 Å². The van der Waals surface area contributed by atoms with E-state index < -0.39 is 0 Å². The van der Waals surface area contributed by atoms with Crippen molar-refractivity contribution in [3.63, 3.8) is 0 Å². The molecule has 52 heavy (non-hydrogen) atoms. The molecule has 9 aromatic rings. The van der Waals surface area contributed by atoms with Gasteiger partial charge < -0.3 is 0 Å². The molecule has 0 fully saturated rings. The van der Waals surface area contributed by atoms with Gasteiger partial charge >= 0.3 is 0 Å². The smallest absolute Gasteiger partial charge is 0.179 e. The number of hydrogen-bond donors (Lipinski definition) is 0. The van der Waals surface area contributed by atoms with E-state index in [9.17, 15) is 0 Å². The van der Waals surface area contributed by atoms with Gasteiger partial charge in [0.25, 0.3) is 0 Å². The highest BCUT2D eigenvalue weighted by atomic mass is 15.0. The molecular weight excluding hydrogens is 637 g/mol. The molecule has 3 heterocycles. The van der Waals surface area contributed by atoms with Crippen molar-refractivity contribution in [1.29, 1.82) is 0 Å². The molecule has 0 aliphatic heterocycles. The lowest BCUT2D eigenvalue weighted by atomic mass is 9.99. The second-order valence-corrected chi connectivity index (χ2v) is 12.4. The second-order valence-electron chi connectivity index (χ2n) is 12.4. The molecule has 6 nitrogen and oxygen atoms in total. The summed E-state index contributed by atoms with van der Waals surface area (Å²) in [6.07, 6.45) is 0. The van der Waals surface area contributed by atoms with E-state index in [0.717, 1.165) is 66.9 Å². The van der Waals surface area contributed by atoms with Gasteiger partial charge in [0.05, 0.1) is 16.9 Å². The van der Waals surface area contributed by atoms with E-state index in [4.69, 9.17) is 29.9 Å². The highest BCUT2D eigenvalue weighted by molar-refractivity contribution is 5.82. The minimum atomic E-state index is 0.582. The van der Waals surface area contributed by atoms with Crippen molar-refractivity contribution < 1.29 is 0 Å². The van der Waals surface area contributed by atoms with Gasteiger partial charge in [-0.3, -0.25) is 0 Å². The van der Waals surface area contributed by atoms with E-state index in [1.165, 1.54) is 0 Å². The molecule has 0 saturated heterocycles. The molecule has 0 unspecified atom stereocenters. The summed E-state index contributed by atoms with van der Waals surface area (Å²) in [6.45, 7) is 0. The largest absolute Gasteiger partial charge is 0.244 e. The lowest BCUT2D eigenvalue weighted by molar-refractivity contribution is 1.07. The first-order chi connectivity index (χ1) is 25.7. The fourth-order valence-electron chi connectivity index (χ4n) is 6.26. The molecule has 3 aromatic heterocycles. The summed E-state index contributed by atoms with van der Waals surface area (Å²) >= 11 is 0. The standard InChI is InChI=1S/C46H30N6/c1-4-13-32(14-5-1)41-30-42(49-46(48-41)40-28-27-33-15-10-11-22-39(33)47-40)38-21-12-20-37(29-38)31-23-25-36(26-24-31)45-51-43(34-16-6-2-7-17-34)50-44(52-45)35-18-8-3-9-19-35/h1-30H. The summed E-state index contributed by atoms with van der Waals surface area (Å²) < 4.78 is 0. The van der Waals surface area contributed by atoms with Gasteiger partial charge in [-0.2, -0.15) is 0 Å². The van der Waals surface area contributed by atoms with Gasteiger partial charge in [0, 0.05) is 33.2 Å². The molecule has 6 aromatic carbocycles. The van der Waals surface area contributed by atoms with Gasteiger partial charge in [0.1, 0.15) is 5.69 Å². The zero-order valence-corrected chi connectivity index (χ0v) is 28.0. The van der Waals surface area contributed by atoms with Crippen LogP contribution in [-0.4, -0.2) is 29.9 Å². The number of fused-ring (bicyclic) bond motifs is 1. The predicted octanol–water partition coefficient (Wildman–Crippen LogP) is 10.9. The Labute approximate surface area is 301 Å². The number of pyridine rings is 1. The average molecular weight is 667 g/mol. The maximum Gasteiger partial charge on any atom is 0.179 e. The Morgan fingerprint density at radius 2 is 0.712 bits per heavy atom. The zero-order chi connectivity index (χ0) is 34.7. The lowest BCUT2D eigenvalue weighted by Crippen LogP contribution is -2.00. The molecule has 0 amide bonds. The normalized spacial score (nSPS) is 11.1. The Balaban J connectivity index is 1.08. The fourth-order valence-corrected chi connectivity index (χ4v) is 6.26. The molecular formula is C46H30N6. The van der Waals surface area contributed by atoms with E-state index in [0.29, 0.717) is 23.3 Å². The van der Waals surface area contributed by atoms with Crippen molar-refractivity contribution in [2.24, 2.45) is 0 Å². The van der Waals surface area contributed by atoms with Crippen LogP contribution in [0.2, 0.25) is 0 Å². The number of nitrogens with zero attached hydrogens (tertiary/aromatic N) is 6. The average Bonchev–Trinajstić information content (AvgIpc) is 3.24. The summed E-state index contributed by atoms with van der Waals surface area (Å²) in [7, 11) is 0. The first-order valence-corrected chi connectivity index (χ1v) is 17.1. The monoisotopic (exact) mass is 666 g/mol. The third-order valence-electron chi connectivity index (χ3n) is 8.96. The van der Waals surface area contributed by atoms with Crippen LogP contribution in [0.25, 0.3) is 90.2 Å². The van der Waals surface area contributed by atoms with Gasteiger partial charge in [-0.05, 0) is 35.4 Å². The van der Waals surface area contributed by atoms with Crippen LogP contribution >= 0.6 is 0 Å². The molecule has 0 bridgehead atoms. The minimum absolute atomic E-state index is 0.582. The Hall–Kier alpha value is -7.18. The third kappa shape index (κ3) is 6.32. The third-order valence-corrected chi connectivity index (χ3v) is 8.96. The van der Waals surface area contributed by atoms with Crippen LogP contribution < -0.4 is 0 Å². The number of benzene rings is 6. The van der Waals surface area contributed by atoms with Crippen LogP contribution in [0.1, 0.15) is 0 Å². The van der Waals surface area contributed by atoms with Gasteiger partial charge in [-0.15, -0.1) is 0 Å². The van der Waals surface area contributed by atoms with Crippen molar-refractivity contribution in [3.05, 3.63) is 182 Å². The maximum absolute atomic E-state index is 5.07. The van der Waals surface area contributed by atoms with Crippen LogP contribution in [0.5, 0.6) is 0 Å². The molecule has 9 rings (SSSR count). The van der Waals surface area contributed by atoms with Crippen molar-refractivity contribution in [3.8, 4) is 79.3 Å². The Morgan fingerprint density at radius 1 is 0.231 bits per heavy atom. The molecule has 0 aliphatic carbocycles. The molecule has 0 saturated carbocycles. The van der Waals surface area contributed by atoms with Crippen molar-refractivity contribution >= 4 is 10.9 Å². The molecule has 244 valence electrons. The Kier molecular flexibility index (Phi) is 8.08. The zero-order valence-electron chi connectivity index (χ0n) is 28.0. The molecule has 6 heteroatoms. The summed E-state index contributed by atoms with van der Waals surface area (Å²) in [5, 5.41) is 1.08. The highest BCUT2D eigenvalue weighted by Crippen LogP contribution is 2.32. The van der Waals surface area contributed by atoms with Crippen molar-refractivity contribution in [2.45, 2.75) is 0 Å². The first kappa shape index (κ1) is 30.8. The van der Waals surface area contributed by atoms with Crippen LogP contribution in [0.3, 0.4) is 0 Å². The summed E-state index contributed by atoms with van der Waals surface area (Å²) in [6, 6.07) is 61.3. The number of hydrogen-bond acceptors (Lipinski definition) is 6. The van der Waals surface area contributed by atoms with E-state index in [1.807, 2.05) is 103 Å². The van der Waals surface area contributed by atoms with E-state index >= 15 is 0 Å². The minimum Gasteiger partial charge on any atom is -0.244 e. The molecule has 0 spiro atoms. The molecule has 0 radical (unpaired) electrons. The van der Waals surface area contributed by atoms with Gasteiger partial charge in [0.2, 0.25) is 0 Å². The number of aromatic nitrogens is 6.